The van der Waals surface area contributed by atoms with Crippen molar-refractivity contribution in [3.05, 3.63) is 65.7 Å². The summed E-state index contributed by atoms with van der Waals surface area (Å²) in [7, 11) is 1.89. The number of anilines is 1. The van der Waals surface area contributed by atoms with E-state index in [4.69, 9.17) is 0 Å². The molecule has 1 amide bonds. The SMILES string of the molecule is CN1C(=O)[C@H](C(C)(C)C)[C@@H](c2ccccc2)c2ccccc21. The molecule has 2 aromatic rings. The van der Waals surface area contributed by atoms with Crippen molar-refractivity contribution in [1.29, 1.82) is 0 Å². The second kappa shape index (κ2) is 5.28. The quantitative estimate of drug-likeness (QED) is 0.760. The summed E-state index contributed by atoms with van der Waals surface area (Å²) in [6, 6.07) is 18.7. The van der Waals surface area contributed by atoms with Gasteiger partial charge < -0.3 is 4.90 Å². The summed E-state index contributed by atoms with van der Waals surface area (Å²) in [5, 5.41) is 0. The summed E-state index contributed by atoms with van der Waals surface area (Å²) < 4.78 is 0. The van der Waals surface area contributed by atoms with Crippen LogP contribution in [0.25, 0.3) is 0 Å². The molecule has 1 aliphatic rings. The van der Waals surface area contributed by atoms with Crippen LogP contribution in [0, 0.1) is 11.3 Å². The number of nitrogens with zero attached hydrogens (tertiary/aromatic N) is 1. The molecule has 2 nitrogen and oxygen atoms in total. The number of hydrogen-bond acceptors (Lipinski definition) is 1. The molecule has 1 aliphatic heterocycles. The molecule has 22 heavy (non-hydrogen) atoms. The van der Waals surface area contributed by atoms with Crippen LogP contribution in [0.2, 0.25) is 0 Å². The Labute approximate surface area is 132 Å². The Balaban J connectivity index is 2.25. The highest BCUT2D eigenvalue weighted by atomic mass is 16.2. The first kappa shape index (κ1) is 14.8. The fourth-order valence-corrected chi connectivity index (χ4v) is 3.61. The van der Waals surface area contributed by atoms with Gasteiger partial charge >= 0.3 is 0 Å². The number of carbonyl (C=O) groups excluding carboxylic acids is 1. The fraction of sp³-hybridized carbons (Fsp3) is 0.350. The smallest absolute Gasteiger partial charge is 0.231 e. The molecule has 0 radical (unpaired) electrons. The number of para-hydroxylation sites is 1. The van der Waals surface area contributed by atoms with Gasteiger partial charge in [0.1, 0.15) is 0 Å². The summed E-state index contributed by atoms with van der Waals surface area (Å²) in [4.78, 5) is 14.9. The molecular weight excluding hydrogens is 270 g/mol. The van der Waals surface area contributed by atoms with E-state index in [-0.39, 0.29) is 23.2 Å². The maximum absolute atomic E-state index is 13.0. The van der Waals surface area contributed by atoms with Crippen LogP contribution in [-0.4, -0.2) is 13.0 Å². The molecule has 2 heteroatoms. The van der Waals surface area contributed by atoms with E-state index in [1.807, 2.05) is 30.1 Å². The number of amides is 1. The molecular formula is C20H23NO. The van der Waals surface area contributed by atoms with Gasteiger partial charge in [-0.2, -0.15) is 0 Å². The molecule has 0 saturated heterocycles. The van der Waals surface area contributed by atoms with Gasteiger partial charge in [0.15, 0.2) is 0 Å². The van der Waals surface area contributed by atoms with Gasteiger partial charge in [-0.1, -0.05) is 69.3 Å². The predicted molar refractivity (Wildman–Crippen MR) is 91.1 cm³/mol. The van der Waals surface area contributed by atoms with Crippen molar-refractivity contribution in [2.75, 3.05) is 11.9 Å². The lowest BCUT2D eigenvalue weighted by molar-refractivity contribution is -0.126. The van der Waals surface area contributed by atoms with Crippen molar-refractivity contribution in [3.8, 4) is 0 Å². The van der Waals surface area contributed by atoms with E-state index in [2.05, 4.69) is 57.2 Å². The lowest BCUT2D eigenvalue weighted by Gasteiger charge is -2.44. The predicted octanol–water partition coefficient (Wildman–Crippen LogP) is 4.46. The molecule has 0 bridgehead atoms. The van der Waals surface area contributed by atoms with Crippen molar-refractivity contribution >= 4 is 11.6 Å². The second-order valence-corrected chi connectivity index (χ2v) is 7.19. The number of carbonyl (C=O) groups is 1. The lowest BCUT2D eigenvalue weighted by atomic mass is 9.65. The van der Waals surface area contributed by atoms with Gasteiger partial charge in [0.2, 0.25) is 5.91 Å². The van der Waals surface area contributed by atoms with Gasteiger partial charge in [-0.05, 0) is 22.6 Å². The van der Waals surface area contributed by atoms with Crippen molar-refractivity contribution in [2.45, 2.75) is 26.7 Å². The van der Waals surface area contributed by atoms with Gasteiger partial charge in [0, 0.05) is 18.7 Å². The third kappa shape index (κ3) is 2.33. The summed E-state index contributed by atoms with van der Waals surface area (Å²) in [5.74, 6) is 0.260. The van der Waals surface area contributed by atoms with Crippen LogP contribution in [0.3, 0.4) is 0 Å². The Hall–Kier alpha value is -2.09. The molecule has 0 spiro atoms. The van der Waals surface area contributed by atoms with Gasteiger partial charge in [0.05, 0.1) is 5.92 Å². The summed E-state index contributed by atoms with van der Waals surface area (Å²) in [6.07, 6.45) is 0. The molecule has 0 aromatic heterocycles. The Morgan fingerprint density at radius 2 is 1.50 bits per heavy atom. The maximum atomic E-state index is 13.0. The van der Waals surface area contributed by atoms with E-state index in [9.17, 15) is 4.79 Å². The van der Waals surface area contributed by atoms with Crippen molar-refractivity contribution in [1.82, 2.24) is 0 Å². The highest BCUT2D eigenvalue weighted by molar-refractivity contribution is 5.99. The van der Waals surface area contributed by atoms with E-state index >= 15 is 0 Å². The van der Waals surface area contributed by atoms with Crippen LogP contribution < -0.4 is 4.90 Å². The zero-order chi connectivity index (χ0) is 15.9. The van der Waals surface area contributed by atoms with E-state index in [0.717, 1.165) is 5.69 Å². The number of rotatable bonds is 1. The number of fused-ring (bicyclic) bond motifs is 1. The zero-order valence-corrected chi connectivity index (χ0v) is 13.7. The van der Waals surface area contributed by atoms with E-state index in [1.165, 1.54) is 11.1 Å². The maximum Gasteiger partial charge on any atom is 0.231 e. The lowest BCUT2D eigenvalue weighted by Crippen LogP contribution is -2.46. The fourth-order valence-electron chi connectivity index (χ4n) is 3.61. The van der Waals surface area contributed by atoms with Crippen LogP contribution in [0.4, 0.5) is 5.69 Å². The molecule has 0 saturated carbocycles. The van der Waals surface area contributed by atoms with Crippen molar-refractivity contribution in [2.24, 2.45) is 11.3 Å². The zero-order valence-electron chi connectivity index (χ0n) is 13.7. The minimum atomic E-state index is -0.0978. The third-order valence-electron chi connectivity index (χ3n) is 4.65. The molecule has 0 aliphatic carbocycles. The van der Waals surface area contributed by atoms with Gasteiger partial charge in [-0.3, -0.25) is 4.79 Å². The molecule has 114 valence electrons. The van der Waals surface area contributed by atoms with Crippen LogP contribution in [0.1, 0.15) is 37.8 Å². The van der Waals surface area contributed by atoms with Crippen LogP contribution in [0.15, 0.2) is 54.6 Å². The number of benzene rings is 2. The first-order valence-electron chi connectivity index (χ1n) is 7.82. The van der Waals surface area contributed by atoms with Gasteiger partial charge in [-0.15, -0.1) is 0 Å². The average molecular weight is 293 g/mol. The van der Waals surface area contributed by atoms with Crippen LogP contribution in [-0.2, 0) is 4.79 Å². The van der Waals surface area contributed by atoms with E-state index < -0.39 is 0 Å². The first-order chi connectivity index (χ1) is 10.4. The van der Waals surface area contributed by atoms with Gasteiger partial charge in [0.25, 0.3) is 0 Å². The highest BCUT2D eigenvalue weighted by Gasteiger charge is 2.45. The Bertz CT molecular complexity index is 684. The minimum Gasteiger partial charge on any atom is -0.315 e. The van der Waals surface area contributed by atoms with E-state index in [1.54, 1.807) is 0 Å². The standard InChI is InChI=1S/C20H23NO/c1-20(2,3)18-17(14-10-6-5-7-11-14)15-12-8-9-13-16(15)21(4)19(18)22/h5-13,17-18H,1-4H3/t17-,18+/m0/s1. The Morgan fingerprint density at radius 3 is 2.14 bits per heavy atom. The summed E-state index contributed by atoms with van der Waals surface area (Å²) in [5.41, 5.74) is 3.40. The largest absolute Gasteiger partial charge is 0.315 e. The van der Waals surface area contributed by atoms with E-state index in [0.29, 0.717) is 0 Å². The van der Waals surface area contributed by atoms with Crippen LogP contribution >= 0.6 is 0 Å². The van der Waals surface area contributed by atoms with Crippen molar-refractivity contribution < 1.29 is 4.79 Å². The highest BCUT2D eigenvalue weighted by Crippen LogP contribution is 2.49. The van der Waals surface area contributed by atoms with Crippen LogP contribution in [0.5, 0.6) is 0 Å². The molecule has 2 aromatic carbocycles. The average Bonchev–Trinajstić information content (AvgIpc) is 2.50. The summed E-state index contributed by atoms with van der Waals surface area (Å²) >= 11 is 0. The monoisotopic (exact) mass is 293 g/mol. The molecule has 0 unspecified atom stereocenters. The van der Waals surface area contributed by atoms with Crippen molar-refractivity contribution in [3.63, 3.8) is 0 Å². The van der Waals surface area contributed by atoms with Gasteiger partial charge in [-0.25, -0.2) is 0 Å². The third-order valence-corrected chi connectivity index (χ3v) is 4.65. The molecule has 2 atom stereocenters. The first-order valence-corrected chi connectivity index (χ1v) is 7.82. The summed E-state index contributed by atoms with van der Waals surface area (Å²) in [6.45, 7) is 6.48. The normalized spacial score (nSPS) is 21.6. The molecule has 0 N–H and O–H groups in total. The second-order valence-electron chi connectivity index (χ2n) is 7.19. The molecule has 0 fully saturated rings. The Kier molecular flexibility index (Phi) is 3.56. The molecule has 3 rings (SSSR count). The molecule has 1 heterocycles. The minimum absolute atomic E-state index is 0.0604. The topological polar surface area (TPSA) is 20.3 Å². The number of hydrogen-bond donors (Lipinski definition) is 0. The Morgan fingerprint density at radius 1 is 0.909 bits per heavy atom.